The molecule has 1 aliphatic rings. The number of ether oxygens (including phenoxy) is 1. The molecule has 28 heavy (non-hydrogen) atoms. The van der Waals surface area contributed by atoms with Gasteiger partial charge in [-0.25, -0.2) is 4.79 Å². The molecule has 0 unspecified atom stereocenters. The number of aromatic nitrogens is 1. The number of likely N-dealkylation sites (tertiary alicyclic amines) is 1. The molecule has 2 heterocycles. The van der Waals surface area contributed by atoms with E-state index in [-0.39, 0.29) is 11.7 Å². The molecule has 0 aliphatic carbocycles. The van der Waals surface area contributed by atoms with Crippen LogP contribution in [-0.2, 0) is 20.9 Å². The van der Waals surface area contributed by atoms with Crippen molar-refractivity contribution in [3.05, 3.63) is 47.2 Å². The number of carbonyl (C=O) groups is 3. The Labute approximate surface area is 162 Å². The minimum absolute atomic E-state index is 0.155. The minimum atomic E-state index is -0.939. The Bertz CT molecular complexity index is 859. The molecule has 148 valence electrons. The Morgan fingerprint density at radius 2 is 2.07 bits per heavy atom. The quantitative estimate of drug-likeness (QED) is 0.735. The number of hydrogen-bond donors (Lipinski definition) is 1. The summed E-state index contributed by atoms with van der Waals surface area (Å²) in [5, 5.41) is 6.26. The largest absolute Gasteiger partial charge is 0.449 e. The number of nitrogens with one attached hydrogen (secondary N) is 1. The number of nitrogens with zero attached hydrogens (tertiary/aromatic N) is 2. The van der Waals surface area contributed by atoms with E-state index in [1.165, 1.54) is 0 Å². The summed E-state index contributed by atoms with van der Waals surface area (Å²) in [6.45, 7) is 4.76. The van der Waals surface area contributed by atoms with Crippen molar-refractivity contribution < 1.29 is 23.6 Å². The van der Waals surface area contributed by atoms with Crippen LogP contribution in [0.4, 0.5) is 5.82 Å². The van der Waals surface area contributed by atoms with E-state index < -0.39 is 18.0 Å². The molecule has 0 bridgehead atoms. The Balaban J connectivity index is 1.57. The molecule has 0 radical (unpaired) electrons. The molecule has 2 amide bonds. The molecular formula is C20H23N3O5. The lowest BCUT2D eigenvalue weighted by Crippen LogP contribution is -2.32. The summed E-state index contributed by atoms with van der Waals surface area (Å²) in [4.78, 5) is 38.2. The lowest BCUT2D eigenvalue weighted by Gasteiger charge is -2.16. The summed E-state index contributed by atoms with van der Waals surface area (Å²) < 4.78 is 10.2. The molecule has 1 saturated heterocycles. The van der Waals surface area contributed by atoms with Crippen LogP contribution in [0.25, 0.3) is 0 Å². The smallest absolute Gasteiger partial charge is 0.338 e. The van der Waals surface area contributed by atoms with Crippen molar-refractivity contribution in [3.63, 3.8) is 0 Å². The van der Waals surface area contributed by atoms with Crippen LogP contribution in [0.15, 0.2) is 34.9 Å². The first kappa shape index (κ1) is 19.6. The standard InChI is InChI=1S/C20H23N3O5/c1-3-16(19(25)21-17-11-13(2)28-22-17)27-20(26)15-8-6-14(7-9-15)12-23-10-4-5-18(23)24/h6-9,11,16H,3-5,10,12H2,1-2H3,(H,21,22,25)/t16-/m0/s1. The van der Waals surface area contributed by atoms with Gasteiger partial charge in [0.1, 0.15) is 5.76 Å². The molecule has 0 saturated carbocycles. The molecule has 3 rings (SSSR count). The number of aryl methyl sites for hydroxylation is 1. The van der Waals surface area contributed by atoms with Crippen molar-refractivity contribution in [1.29, 1.82) is 0 Å². The maximum absolute atomic E-state index is 12.4. The van der Waals surface area contributed by atoms with Crippen LogP contribution in [0.3, 0.4) is 0 Å². The third-order valence-corrected chi connectivity index (χ3v) is 4.53. The predicted molar refractivity (Wildman–Crippen MR) is 100 cm³/mol. The van der Waals surface area contributed by atoms with Crippen LogP contribution in [0, 0.1) is 6.92 Å². The van der Waals surface area contributed by atoms with Crippen LogP contribution in [0.1, 0.15) is 47.9 Å². The lowest BCUT2D eigenvalue weighted by atomic mass is 10.1. The molecule has 1 atom stereocenters. The summed E-state index contributed by atoms with van der Waals surface area (Å²) in [7, 11) is 0. The monoisotopic (exact) mass is 385 g/mol. The molecule has 8 nitrogen and oxygen atoms in total. The summed E-state index contributed by atoms with van der Waals surface area (Å²) >= 11 is 0. The summed E-state index contributed by atoms with van der Waals surface area (Å²) in [5.74, 6) is -0.0492. The fraction of sp³-hybridized carbons (Fsp3) is 0.400. The second-order valence-corrected chi connectivity index (χ2v) is 6.73. The number of esters is 1. The molecule has 1 N–H and O–H groups in total. The highest BCUT2D eigenvalue weighted by Crippen LogP contribution is 2.16. The number of hydrogen-bond acceptors (Lipinski definition) is 6. The number of rotatable bonds is 7. The maximum atomic E-state index is 12.4. The van der Waals surface area contributed by atoms with Gasteiger partial charge in [0.15, 0.2) is 11.9 Å². The van der Waals surface area contributed by atoms with E-state index in [2.05, 4.69) is 10.5 Å². The maximum Gasteiger partial charge on any atom is 0.338 e. The minimum Gasteiger partial charge on any atom is -0.449 e. The van der Waals surface area contributed by atoms with Gasteiger partial charge in [-0.05, 0) is 37.5 Å². The van der Waals surface area contributed by atoms with Gasteiger partial charge in [-0.3, -0.25) is 9.59 Å². The highest BCUT2D eigenvalue weighted by atomic mass is 16.5. The first-order chi connectivity index (χ1) is 13.5. The zero-order valence-electron chi connectivity index (χ0n) is 15.9. The average molecular weight is 385 g/mol. The second-order valence-electron chi connectivity index (χ2n) is 6.73. The average Bonchev–Trinajstić information content (AvgIpc) is 3.28. The molecule has 2 aromatic rings. The van der Waals surface area contributed by atoms with Gasteiger partial charge in [-0.1, -0.05) is 24.2 Å². The Hall–Kier alpha value is -3.16. The van der Waals surface area contributed by atoms with Gasteiger partial charge in [-0.15, -0.1) is 0 Å². The predicted octanol–water partition coefficient (Wildman–Crippen LogP) is 2.68. The summed E-state index contributed by atoms with van der Waals surface area (Å²) in [5.41, 5.74) is 1.29. The van der Waals surface area contributed by atoms with Crippen molar-refractivity contribution in [2.24, 2.45) is 0 Å². The van der Waals surface area contributed by atoms with Gasteiger partial charge in [0.05, 0.1) is 5.56 Å². The third kappa shape index (κ3) is 4.76. The van der Waals surface area contributed by atoms with E-state index >= 15 is 0 Å². The lowest BCUT2D eigenvalue weighted by molar-refractivity contribution is -0.128. The molecule has 1 aromatic heterocycles. The zero-order valence-corrected chi connectivity index (χ0v) is 15.9. The third-order valence-electron chi connectivity index (χ3n) is 4.53. The van der Waals surface area contributed by atoms with Crippen molar-refractivity contribution in [2.75, 3.05) is 11.9 Å². The number of anilines is 1. The highest BCUT2D eigenvalue weighted by Gasteiger charge is 2.23. The van der Waals surface area contributed by atoms with Gasteiger partial charge >= 0.3 is 5.97 Å². The van der Waals surface area contributed by atoms with E-state index in [1.807, 2.05) is 0 Å². The molecular weight excluding hydrogens is 362 g/mol. The number of amides is 2. The highest BCUT2D eigenvalue weighted by molar-refractivity contribution is 5.97. The summed E-state index contributed by atoms with van der Waals surface area (Å²) in [6.07, 6.45) is 0.867. The van der Waals surface area contributed by atoms with E-state index in [0.717, 1.165) is 18.5 Å². The number of benzene rings is 1. The Morgan fingerprint density at radius 1 is 1.32 bits per heavy atom. The fourth-order valence-corrected chi connectivity index (χ4v) is 2.99. The van der Waals surface area contributed by atoms with Crippen LogP contribution < -0.4 is 5.32 Å². The zero-order chi connectivity index (χ0) is 20.1. The van der Waals surface area contributed by atoms with Crippen LogP contribution >= 0.6 is 0 Å². The Kier molecular flexibility index (Phi) is 6.08. The van der Waals surface area contributed by atoms with Gasteiger partial charge < -0.3 is 19.5 Å². The van der Waals surface area contributed by atoms with Crippen LogP contribution in [0.5, 0.6) is 0 Å². The fourth-order valence-electron chi connectivity index (χ4n) is 2.99. The van der Waals surface area contributed by atoms with Crippen molar-refractivity contribution >= 4 is 23.6 Å². The van der Waals surface area contributed by atoms with Gasteiger partial charge in [0.2, 0.25) is 5.91 Å². The first-order valence-electron chi connectivity index (χ1n) is 9.28. The van der Waals surface area contributed by atoms with Crippen molar-refractivity contribution in [1.82, 2.24) is 10.1 Å². The molecule has 1 aromatic carbocycles. The van der Waals surface area contributed by atoms with Crippen molar-refractivity contribution in [3.8, 4) is 0 Å². The van der Waals surface area contributed by atoms with E-state index in [0.29, 0.717) is 30.7 Å². The SMILES string of the molecule is CC[C@H](OC(=O)c1ccc(CN2CCCC2=O)cc1)C(=O)Nc1cc(C)on1. The summed E-state index contributed by atoms with van der Waals surface area (Å²) in [6, 6.07) is 8.45. The molecule has 1 fully saturated rings. The Morgan fingerprint density at radius 3 is 2.64 bits per heavy atom. The van der Waals surface area contributed by atoms with Gasteiger partial charge in [0, 0.05) is 25.6 Å². The number of carbonyl (C=O) groups excluding carboxylic acids is 3. The van der Waals surface area contributed by atoms with Crippen molar-refractivity contribution in [2.45, 2.75) is 45.8 Å². The van der Waals surface area contributed by atoms with E-state index in [4.69, 9.17) is 9.26 Å². The molecule has 0 spiro atoms. The molecule has 8 heteroatoms. The van der Waals surface area contributed by atoms with Crippen LogP contribution in [0.2, 0.25) is 0 Å². The normalized spacial score (nSPS) is 14.8. The van der Waals surface area contributed by atoms with E-state index in [1.54, 1.807) is 49.1 Å². The van der Waals surface area contributed by atoms with E-state index in [9.17, 15) is 14.4 Å². The van der Waals surface area contributed by atoms with Crippen LogP contribution in [-0.4, -0.2) is 40.5 Å². The first-order valence-corrected chi connectivity index (χ1v) is 9.28. The topological polar surface area (TPSA) is 102 Å². The van der Waals surface area contributed by atoms with Gasteiger partial charge in [-0.2, -0.15) is 0 Å². The molecule has 1 aliphatic heterocycles. The second kappa shape index (κ2) is 8.69. The van der Waals surface area contributed by atoms with Gasteiger partial charge in [0.25, 0.3) is 5.91 Å².